The lowest BCUT2D eigenvalue weighted by molar-refractivity contribution is -0.152. The van der Waals surface area contributed by atoms with Crippen molar-refractivity contribution in [2.75, 3.05) is 0 Å². The number of allylic oxidation sites excluding steroid dienone is 1. The minimum Gasteiger partial charge on any atom is -0.458 e. The number of hydrogen-bond acceptors (Lipinski definition) is 4. The summed E-state index contributed by atoms with van der Waals surface area (Å²) in [5, 5.41) is 0. The summed E-state index contributed by atoms with van der Waals surface area (Å²) in [6.07, 6.45) is 3.54. The molecule has 1 heterocycles. The van der Waals surface area contributed by atoms with Crippen LogP contribution in [0, 0.1) is 23.2 Å². The third-order valence-electron chi connectivity index (χ3n) is 5.12. The Labute approximate surface area is 118 Å². The van der Waals surface area contributed by atoms with Gasteiger partial charge in [-0.15, -0.1) is 0 Å². The van der Waals surface area contributed by atoms with Gasteiger partial charge in [-0.3, -0.25) is 4.79 Å². The number of Topliss-reactive ketones (excluding diaryl/α,β-unsaturated/α-hetero) is 1. The van der Waals surface area contributed by atoms with Crippen molar-refractivity contribution in [3.8, 4) is 0 Å². The summed E-state index contributed by atoms with van der Waals surface area (Å²) in [6.45, 7) is 7.99. The topological polar surface area (TPSA) is 52.6 Å². The van der Waals surface area contributed by atoms with Gasteiger partial charge in [-0.1, -0.05) is 20.8 Å². The van der Waals surface area contributed by atoms with E-state index < -0.39 is 6.29 Å². The predicted molar refractivity (Wildman–Crippen MR) is 72.4 cm³/mol. The number of rotatable bonds is 3. The molecule has 20 heavy (non-hydrogen) atoms. The van der Waals surface area contributed by atoms with Crippen LogP contribution in [-0.4, -0.2) is 18.0 Å². The fraction of sp³-hybridized carbons (Fsp3) is 0.625. The lowest BCUT2D eigenvalue weighted by Crippen LogP contribution is -2.18. The number of fused-ring (bicyclic) bond motifs is 1. The predicted octanol–water partition coefficient (Wildman–Crippen LogP) is 2.60. The van der Waals surface area contributed by atoms with E-state index in [1.54, 1.807) is 19.3 Å². The number of cyclic esters (lactones) is 1. The van der Waals surface area contributed by atoms with E-state index in [0.29, 0.717) is 17.4 Å². The Morgan fingerprint density at radius 2 is 2.15 bits per heavy atom. The highest BCUT2D eigenvalue weighted by Gasteiger charge is 2.68. The van der Waals surface area contributed by atoms with Crippen molar-refractivity contribution in [1.29, 1.82) is 0 Å². The fourth-order valence-corrected chi connectivity index (χ4v) is 3.74. The van der Waals surface area contributed by atoms with Crippen molar-refractivity contribution in [1.82, 2.24) is 0 Å². The van der Waals surface area contributed by atoms with Crippen LogP contribution in [0.2, 0.25) is 0 Å². The van der Waals surface area contributed by atoms with Gasteiger partial charge in [0.05, 0.1) is 6.26 Å². The lowest BCUT2D eigenvalue weighted by atomic mass is 9.86. The Hall–Kier alpha value is -1.58. The van der Waals surface area contributed by atoms with Crippen LogP contribution in [0.25, 0.3) is 0 Å². The number of carbonyl (C=O) groups excluding carboxylic acids is 2. The first kappa shape index (κ1) is 13.4. The molecule has 2 unspecified atom stereocenters. The molecule has 3 aliphatic rings. The minimum absolute atomic E-state index is 0.0160. The second-order valence-corrected chi connectivity index (χ2v) is 6.45. The van der Waals surface area contributed by atoms with Crippen LogP contribution in [0.5, 0.6) is 0 Å². The Morgan fingerprint density at radius 3 is 2.70 bits per heavy atom. The van der Waals surface area contributed by atoms with Gasteiger partial charge in [0.2, 0.25) is 0 Å². The van der Waals surface area contributed by atoms with E-state index in [9.17, 15) is 9.59 Å². The summed E-state index contributed by atoms with van der Waals surface area (Å²) in [4.78, 5) is 23.6. The van der Waals surface area contributed by atoms with Crippen LogP contribution >= 0.6 is 0 Å². The summed E-state index contributed by atoms with van der Waals surface area (Å²) < 4.78 is 10.5. The van der Waals surface area contributed by atoms with Crippen LogP contribution < -0.4 is 0 Å². The summed E-state index contributed by atoms with van der Waals surface area (Å²) in [5.41, 5.74) is 1.30. The van der Waals surface area contributed by atoms with E-state index in [1.165, 1.54) is 0 Å². The maximum absolute atomic E-state index is 12.3. The molecular weight excluding hydrogens is 256 g/mol. The zero-order valence-corrected chi connectivity index (χ0v) is 12.3. The average molecular weight is 276 g/mol. The maximum atomic E-state index is 12.3. The molecule has 0 bridgehead atoms. The van der Waals surface area contributed by atoms with Crippen molar-refractivity contribution >= 4 is 11.8 Å². The molecule has 2 fully saturated rings. The molecule has 3 rings (SSSR count). The molecule has 0 saturated heterocycles. The fourth-order valence-electron chi connectivity index (χ4n) is 3.74. The van der Waals surface area contributed by atoms with Crippen LogP contribution in [0.4, 0.5) is 0 Å². The first-order valence-corrected chi connectivity index (χ1v) is 7.17. The van der Waals surface area contributed by atoms with Gasteiger partial charge in [-0.05, 0) is 25.2 Å². The largest absolute Gasteiger partial charge is 0.458 e. The molecule has 0 amide bonds. The van der Waals surface area contributed by atoms with Gasteiger partial charge in [-0.25, -0.2) is 4.79 Å². The Morgan fingerprint density at radius 1 is 1.45 bits per heavy atom. The number of esters is 1. The standard InChI is InChI=1S/C16H20O4/c1-8(2)16-6-11(16)10(4)14(17)12(16)7-19-13-5-9(3)15(18)20-13/h5,7-8,10-11,13H,6H2,1-4H3/b12-7-/t10?,11-,13?,16+/m1/s1. The highest BCUT2D eigenvalue weighted by molar-refractivity contribution is 6.03. The molecule has 2 aliphatic carbocycles. The Bertz CT molecular complexity index is 543. The first-order valence-electron chi connectivity index (χ1n) is 7.17. The van der Waals surface area contributed by atoms with Crippen molar-refractivity contribution in [2.24, 2.45) is 23.2 Å². The second-order valence-electron chi connectivity index (χ2n) is 6.45. The van der Waals surface area contributed by atoms with E-state index in [1.807, 2.05) is 6.92 Å². The van der Waals surface area contributed by atoms with E-state index in [0.717, 1.165) is 12.0 Å². The maximum Gasteiger partial charge on any atom is 0.336 e. The molecule has 4 nitrogen and oxygen atoms in total. The molecule has 2 saturated carbocycles. The van der Waals surface area contributed by atoms with Crippen LogP contribution in [0.15, 0.2) is 23.5 Å². The highest BCUT2D eigenvalue weighted by Crippen LogP contribution is 2.70. The summed E-state index contributed by atoms with van der Waals surface area (Å²) >= 11 is 0. The van der Waals surface area contributed by atoms with Gasteiger partial charge in [0.1, 0.15) is 0 Å². The summed E-state index contributed by atoms with van der Waals surface area (Å²) in [6, 6.07) is 0. The summed E-state index contributed by atoms with van der Waals surface area (Å²) in [7, 11) is 0. The second kappa shape index (κ2) is 4.21. The molecule has 0 radical (unpaired) electrons. The molecule has 1 aliphatic heterocycles. The molecule has 0 aromatic heterocycles. The van der Waals surface area contributed by atoms with E-state index in [-0.39, 0.29) is 23.1 Å². The van der Waals surface area contributed by atoms with Crippen molar-refractivity contribution < 1.29 is 19.1 Å². The zero-order valence-electron chi connectivity index (χ0n) is 12.3. The molecular formula is C16H20O4. The normalized spacial score (nSPS) is 41.0. The summed E-state index contributed by atoms with van der Waals surface area (Å²) in [5.74, 6) is 0.769. The van der Waals surface area contributed by atoms with Gasteiger partial charge in [-0.2, -0.15) is 0 Å². The Balaban J connectivity index is 1.80. The number of carbonyl (C=O) groups is 2. The van der Waals surface area contributed by atoms with Crippen molar-refractivity contribution in [2.45, 2.75) is 40.4 Å². The van der Waals surface area contributed by atoms with Crippen molar-refractivity contribution in [3.05, 3.63) is 23.5 Å². The quantitative estimate of drug-likeness (QED) is 0.451. The molecule has 108 valence electrons. The van der Waals surface area contributed by atoms with E-state index >= 15 is 0 Å². The van der Waals surface area contributed by atoms with E-state index in [4.69, 9.17) is 9.47 Å². The van der Waals surface area contributed by atoms with Gasteiger partial charge in [0, 0.05) is 28.6 Å². The van der Waals surface area contributed by atoms with Crippen LogP contribution in [0.3, 0.4) is 0 Å². The zero-order chi connectivity index (χ0) is 14.7. The van der Waals surface area contributed by atoms with Gasteiger partial charge in [0.15, 0.2) is 5.78 Å². The number of hydrogen-bond donors (Lipinski definition) is 0. The SMILES string of the molecule is CC1=CC(O/C=C2/C(=O)C(C)[C@H]3C[C@@]23C(C)C)OC1=O. The molecule has 0 N–H and O–H groups in total. The first-order chi connectivity index (χ1) is 9.37. The lowest BCUT2D eigenvalue weighted by Gasteiger charge is -2.19. The third-order valence-corrected chi connectivity index (χ3v) is 5.12. The van der Waals surface area contributed by atoms with Crippen LogP contribution in [0.1, 0.15) is 34.1 Å². The molecule has 0 aromatic carbocycles. The monoisotopic (exact) mass is 276 g/mol. The third kappa shape index (κ3) is 1.67. The number of ketones is 1. The van der Waals surface area contributed by atoms with Gasteiger partial charge >= 0.3 is 5.97 Å². The minimum atomic E-state index is -0.694. The molecule has 0 aromatic rings. The molecule has 4 heteroatoms. The average Bonchev–Trinajstić information content (AvgIpc) is 3.00. The smallest absolute Gasteiger partial charge is 0.336 e. The van der Waals surface area contributed by atoms with Crippen molar-refractivity contribution in [3.63, 3.8) is 0 Å². The molecule has 4 atom stereocenters. The van der Waals surface area contributed by atoms with Gasteiger partial charge in [0.25, 0.3) is 6.29 Å². The highest BCUT2D eigenvalue weighted by atomic mass is 16.7. The Kier molecular flexibility index (Phi) is 2.82. The van der Waals surface area contributed by atoms with Crippen LogP contribution in [-0.2, 0) is 19.1 Å². The van der Waals surface area contributed by atoms with E-state index in [2.05, 4.69) is 13.8 Å². The van der Waals surface area contributed by atoms with Gasteiger partial charge < -0.3 is 9.47 Å². The number of ether oxygens (including phenoxy) is 2. The molecule has 0 spiro atoms.